The number of aromatic nitrogens is 1. The lowest BCUT2D eigenvalue weighted by atomic mass is 9.97. The van der Waals surface area contributed by atoms with E-state index < -0.39 is 0 Å². The molecule has 1 aliphatic rings. The first kappa shape index (κ1) is 17.1. The number of hydrogen-bond donors (Lipinski definition) is 2. The SMILES string of the molecule is CC(=O)N[C@H]1CCO[C@@H](c2cccc(NC(=O)c3ccccn3)c2)C1. The number of carbonyl (C=O) groups excluding carboxylic acids is 2. The van der Waals surface area contributed by atoms with Gasteiger partial charge in [-0.15, -0.1) is 0 Å². The molecule has 2 heterocycles. The molecule has 2 aromatic rings. The van der Waals surface area contributed by atoms with E-state index in [0.717, 1.165) is 18.4 Å². The van der Waals surface area contributed by atoms with Crippen LogP contribution in [0.2, 0.25) is 0 Å². The van der Waals surface area contributed by atoms with Crippen LogP contribution in [0.4, 0.5) is 5.69 Å². The van der Waals surface area contributed by atoms with Crippen molar-refractivity contribution in [2.24, 2.45) is 0 Å². The average Bonchev–Trinajstić information content (AvgIpc) is 2.62. The summed E-state index contributed by atoms with van der Waals surface area (Å²) in [6.45, 7) is 2.12. The molecule has 1 saturated heterocycles. The number of carbonyl (C=O) groups is 2. The summed E-state index contributed by atoms with van der Waals surface area (Å²) >= 11 is 0. The Morgan fingerprint density at radius 3 is 2.84 bits per heavy atom. The van der Waals surface area contributed by atoms with Crippen molar-refractivity contribution in [3.05, 3.63) is 59.9 Å². The highest BCUT2D eigenvalue weighted by Crippen LogP contribution is 2.29. The molecule has 130 valence electrons. The monoisotopic (exact) mass is 339 g/mol. The second-order valence-corrected chi connectivity index (χ2v) is 6.08. The number of anilines is 1. The molecule has 2 amide bonds. The quantitative estimate of drug-likeness (QED) is 0.897. The number of benzene rings is 1. The molecular formula is C19H21N3O3. The first-order valence-electron chi connectivity index (χ1n) is 8.33. The van der Waals surface area contributed by atoms with Crippen LogP contribution in [0.5, 0.6) is 0 Å². The van der Waals surface area contributed by atoms with E-state index in [9.17, 15) is 9.59 Å². The van der Waals surface area contributed by atoms with Gasteiger partial charge in [-0.05, 0) is 42.7 Å². The Hall–Kier alpha value is -2.73. The van der Waals surface area contributed by atoms with E-state index in [1.807, 2.05) is 24.3 Å². The maximum atomic E-state index is 12.2. The topological polar surface area (TPSA) is 80.3 Å². The number of nitrogens with one attached hydrogen (secondary N) is 2. The average molecular weight is 339 g/mol. The summed E-state index contributed by atoms with van der Waals surface area (Å²) < 4.78 is 5.84. The lowest BCUT2D eigenvalue weighted by molar-refractivity contribution is -0.120. The summed E-state index contributed by atoms with van der Waals surface area (Å²) in [7, 11) is 0. The smallest absolute Gasteiger partial charge is 0.274 e. The van der Waals surface area contributed by atoms with Gasteiger partial charge in [0, 0.05) is 31.5 Å². The van der Waals surface area contributed by atoms with Gasteiger partial charge < -0.3 is 15.4 Å². The van der Waals surface area contributed by atoms with E-state index >= 15 is 0 Å². The minimum Gasteiger partial charge on any atom is -0.373 e. The van der Waals surface area contributed by atoms with Crippen LogP contribution in [0, 0.1) is 0 Å². The van der Waals surface area contributed by atoms with E-state index in [4.69, 9.17) is 4.74 Å². The van der Waals surface area contributed by atoms with E-state index in [2.05, 4.69) is 15.6 Å². The van der Waals surface area contributed by atoms with Crippen LogP contribution in [0.1, 0.15) is 41.9 Å². The Labute approximate surface area is 146 Å². The Morgan fingerprint density at radius 1 is 1.20 bits per heavy atom. The predicted octanol–water partition coefficient (Wildman–Crippen LogP) is 2.69. The maximum Gasteiger partial charge on any atom is 0.274 e. The van der Waals surface area contributed by atoms with Gasteiger partial charge in [-0.3, -0.25) is 14.6 Å². The van der Waals surface area contributed by atoms with Gasteiger partial charge in [0.15, 0.2) is 0 Å². The first-order valence-corrected chi connectivity index (χ1v) is 8.33. The number of pyridine rings is 1. The van der Waals surface area contributed by atoms with Crippen LogP contribution >= 0.6 is 0 Å². The number of ether oxygens (including phenoxy) is 1. The molecule has 2 N–H and O–H groups in total. The molecule has 2 atom stereocenters. The number of hydrogen-bond acceptors (Lipinski definition) is 4. The highest BCUT2D eigenvalue weighted by Gasteiger charge is 2.24. The van der Waals surface area contributed by atoms with E-state index in [1.54, 1.807) is 24.4 Å². The van der Waals surface area contributed by atoms with Gasteiger partial charge in [-0.25, -0.2) is 0 Å². The van der Waals surface area contributed by atoms with E-state index in [1.165, 1.54) is 6.92 Å². The van der Waals surface area contributed by atoms with Crippen molar-refractivity contribution in [2.45, 2.75) is 31.9 Å². The Kier molecular flexibility index (Phi) is 5.40. The third kappa shape index (κ3) is 4.64. The van der Waals surface area contributed by atoms with Crippen molar-refractivity contribution in [3.8, 4) is 0 Å². The van der Waals surface area contributed by atoms with Crippen molar-refractivity contribution in [1.82, 2.24) is 10.3 Å². The molecule has 0 saturated carbocycles. The van der Waals surface area contributed by atoms with Gasteiger partial charge in [0.1, 0.15) is 5.69 Å². The van der Waals surface area contributed by atoms with Crippen molar-refractivity contribution in [1.29, 1.82) is 0 Å². The second kappa shape index (κ2) is 7.90. The summed E-state index contributed by atoms with van der Waals surface area (Å²) in [4.78, 5) is 27.5. The first-order chi connectivity index (χ1) is 12.1. The molecule has 1 aromatic heterocycles. The zero-order valence-corrected chi connectivity index (χ0v) is 14.1. The van der Waals surface area contributed by atoms with E-state index in [-0.39, 0.29) is 24.0 Å². The molecule has 25 heavy (non-hydrogen) atoms. The Balaban J connectivity index is 1.69. The van der Waals surface area contributed by atoms with Crippen molar-refractivity contribution >= 4 is 17.5 Å². The molecule has 3 rings (SSSR count). The molecule has 0 unspecified atom stereocenters. The number of amides is 2. The lowest BCUT2D eigenvalue weighted by Gasteiger charge is -2.30. The highest BCUT2D eigenvalue weighted by atomic mass is 16.5. The molecule has 1 fully saturated rings. The van der Waals surface area contributed by atoms with Gasteiger partial charge >= 0.3 is 0 Å². The van der Waals surface area contributed by atoms with Gasteiger partial charge in [0.25, 0.3) is 5.91 Å². The van der Waals surface area contributed by atoms with Gasteiger partial charge in [-0.2, -0.15) is 0 Å². The summed E-state index contributed by atoms with van der Waals surface area (Å²) in [6.07, 6.45) is 3.02. The zero-order valence-electron chi connectivity index (χ0n) is 14.1. The molecule has 0 radical (unpaired) electrons. The van der Waals surface area contributed by atoms with Gasteiger partial charge in [0.2, 0.25) is 5.91 Å². The molecule has 1 aromatic carbocycles. The third-order valence-electron chi connectivity index (χ3n) is 4.11. The largest absolute Gasteiger partial charge is 0.373 e. The molecule has 0 aliphatic carbocycles. The normalized spacial score (nSPS) is 19.9. The fourth-order valence-corrected chi connectivity index (χ4v) is 2.96. The molecule has 1 aliphatic heterocycles. The predicted molar refractivity (Wildman–Crippen MR) is 94.2 cm³/mol. The Morgan fingerprint density at radius 2 is 2.08 bits per heavy atom. The van der Waals surface area contributed by atoms with Crippen molar-refractivity contribution < 1.29 is 14.3 Å². The van der Waals surface area contributed by atoms with Gasteiger partial charge in [0.05, 0.1) is 6.10 Å². The molecule has 6 nitrogen and oxygen atoms in total. The highest BCUT2D eigenvalue weighted by molar-refractivity contribution is 6.02. The molecule has 6 heteroatoms. The van der Waals surface area contributed by atoms with Crippen LogP contribution in [-0.2, 0) is 9.53 Å². The summed E-state index contributed by atoms with van der Waals surface area (Å²) in [5.74, 6) is -0.277. The van der Waals surface area contributed by atoms with Gasteiger partial charge in [-0.1, -0.05) is 18.2 Å². The maximum absolute atomic E-state index is 12.2. The second-order valence-electron chi connectivity index (χ2n) is 6.08. The van der Waals surface area contributed by atoms with Crippen LogP contribution in [0.15, 0.2) is 48.7 Å². The number of rotatable bonds is 4. The minimum absolute atomic E-state index is 0.0259. The van der Waals surface area contributed by atoms with Crippen LogP contribution in [-0.4, -0.2) is 29.4 Å². The van der Waals surface area contributed by atoms with E-state index in [0.29, 0.717) is 18.0 Å². The fourth-order valence-electron chi connectivity index (χ4n) is 2.96. The Bertz CT molecular complexity index is 749. The van der Waals surface area contributed by atoms with Crippen LogP contribution in [0.25, 0.3) is 0 Å². The number of nitrogens with zero attached hydrogens (tertiary/aromatic N) is 1. The minimum atomic E-state index is -0.251. The molecular weight excluding hydrogens is 318 g/mol. The standard InChI is InChI=1S/C19H21N3O3/c1-13(23)21-16-8-10-25-18(12-16)14-5-4-6-15(11-14)22-19(24)17-7-2-3-9-20-17/h2-7,9,11,16,18H,8,10,12H2,1H3,(H,21,23)(H,22,24)/t16-,18+/m0/s1. The van der Waals surface area contributed by atoms with Crippen molar-refractivity contribution in [2.75, 3.05) is 11.9 Å². The molecule has 0 spiro atoms. The summed E-state index contributed by atoms with van der Waals surface area (Å²) in [5.41, 5.74) is 2.04. The van der Waals surface area contributed by atoms with Crippen LogP contribution in [0.3, 0.4) is 0 Å². The zero-order chi connectivity index (χ0) is 17.6. The van der Waals surface area contributed by atoms with Crippen molar-refractivity contribution in [3.63, 3.8) is 0 Å². The third-order valence-corrected chi connectivity index (χ3v) is 4.11. The molecule has 0 bridgehead atoms. The van der Waals surface area contributed by atoms with Crippen LogP contribution < -0.4 is 10.6 Å². The summed E-state index contributed by atoms with van der Waals surface area (Å²) in [6, 6.07) is 12.9. The lowest BCUT2D eigenvalue weighted by Crippen LogP contribution is -2.38. The summed E-state index contributed by atoms with van der Waals surface area (Å²) in [5, 5.41) is 5.81. The fraction of sp³-hybridized carbons (Fsp3) is 0.316.